The zero-order valence-electron chi connectivity index (χ0n) is 47.3. The van der Waals surface area contributed by atoms with E-state index in [1.165, 1.54) is 205 Å². The molecule has 0 aliphatic carbocycles. The van der Waals surface area contributed by atoms with E-state index in [4.69, 9.17) is 13.8 Å². The first-order chi connectivity index (χ1) is 33.9. The highest BCUT2D eigenvalue weighted by Gasteiger charge is 2.30. The fraction of sp³-hybridized carbons (Fsp3) is 0.900. The maximum absolute atomic E-state index is 13.5. The van der Waals surface area contributed by atoms with Gasteiger partial charge in [0.25, 0.3) is 0 Å². The van der Waals surface area contributed by atoms with Gasteiger partial charge in [-0.3, -0.25) is 18.6 Å². The number of carbonyl (C=O) groups is 2. The summed E-state index contributed by atoms with van der Waals surface area (Å²) in [7, 11) is 1.51. The van der Waals surface area contributed by atoms with E-state index in [1.807, 2.05) is 33.3 Å². The van der Waals surface area contributed by atoms with Crippen LogP contribution in [-0.4, -0.2) is 74.3 Å². The van der Waals surface area contributed by atoms with E-state index in [0.29, 0.717) is 23.9 Å². The highest BCUT2D eigenvalue weighted by molar-refractivity contribution is 7.47. The van der Waals surface area contributed by atoms with Gasteiger partial charge >= 0.3 is 13.8 Å². The third-order valence-corrected chi connectivity index (χ3v) is 14.6. The number of unbranched alkanes of at least 4 members (excludes halogenated alkanes) is 37. The normalized spacial score (nSPS) is 13.9. The molecule has 0 aromatic heterocycles. The molecule has 10 heteroatoms. The van der Waals surface area contributed by atoms with E-state index < -0.39 is 20.0 Å². The van der Waals surface area contributed by atoms with Crippen molar-refractivity contribution in [3.05, 3.63) is 24.3 Å². The van der Waals surface area contributed by atoms with Gasteiger partial charge in [-0.15, -0.1) is 0 Å². The zero-order chi connectivity index (χ0) is 51.5. The van der Waals surface area contributed by atoms with Gasteiger partial charge in [0.15, 0.2) is 0 Å². The molecule has 0 fully saturated rings. The molecule has 3 unspecified atom stereocenters. The Hall–Kier alpha value is -1.51. The first-order valence-corrected chi connectivity index (χ1v) is 31.7. The monoisotopic (exact) mass is 1010 g/mol. The molecule has 70 heavy (non-hydrogen) atoms. The Balaban J connectivity index is 5.24. The van der Waals surface area contributed by atoms with Crippen molar-refractivity contribution in [3.63, 3.8) is 0 Å². The van der Waals surface area contributed by atoms with Gasteiger partial charge in [0.2, 0.25) is 5.91 Å². The Bertz CT molecular complexity index is 1250. The second-order valence-electron chi connectivity index (χ2n) is 21.9. The Labute approximate surface area is 434 Å². The van der Waals surface area contributed by atoms with Crippen LogP contribution in [0.1, 0.15) is 297 Å². The molecule has 9 nitrogen and oxygen atoms in total. The number of ether oxygens (including phenoxy) is 1. The van der Waals surface area contributed by atoms with Gasteiger partial charge in [-0.2, -0.15) is 0 Å². The summed E-state index contributed by atoms with van der Waals surface area (Å²) in [5.41, 5.74) is 0. The van der Waals surface area contributed by atoms with Crippen molar-refractivity contribution in [3.8, 4) is 0 Å². The average Bonchev–Trinajstić information content (AvgIpc) is 3.32. The van der Waals surface area contributed by atoms with Crippen LogP contribution in [0, 0.1) is 0 Å². The molecule has 0 spiro atoms. The number of likely N-dealkylation sites (N-methyl/N-ethyl adjacent to an activating group) is 1. The van der Waals surface area contributed by atoms with Crippen LogP contribution >= 0.6 is 7.82 Å². The molecule has 0 aliphatic heterocycles. The Morgan fingerprint density at radius 3 is 1.21 bits per heavy atom. The summed E-state index contributed by atoms with van der Waals surface area (Å²) in [5, 5.41) is 3.05. The van der Waals surface area contributed by atoms with Crippen LogP contribution in [0.5, 0.6) is 0 Å². The average molecular weight is 1010 g/mol. The summed E-state index contributed by atoms with van der Waals surface area (Å²) in [5.74, 6) is -0.494. The maximum Gasteiger partial charge on any atom is 0.472 e. The molecule has 0 saturated carbocycles. The Kier molecular flexibility index (Phi) is 49.9. The van der Waals surface area contributed by atoms with Crippen molar-refractivity contribution in [1.29, 1.82) is 0 Å². The molecule has 0 aromatic carbocycles. The minimum Gasteiger partial charge on any atom is -0.456 e. The molecule has 3 atom stereocenters. The van der Waals surface area contributed by atoms with Crippen molar-refractivity contribution in [2.75, 3.05) is 40.9 Å². The van der Waals surface area contributed by atoms with Gasteiger partial charge in [-0.25, -0.2) is 4.57 Å². The molecule has 0 rings (SSSR count). The quantitative estimate of drug-likeness (QED) is 0.0205. The summed E-state index contributed by atoms with van der Waals surface area (Å²) in [6.45, 7) is 7.04. The second-order valence-corrected chi connectivity index (χ2v) is 23.3. The van der Waals surface area contributed by atoms with Crippen LogP contribution in [0.15, 0.2) is 24.3 Å². The number of hydrogen-bond acceptors (Lipinski definition) is 6. The molecule has 0 aliphatic rings. The van der Waals surface area contributed by atoms with Gasteiger partial charge < -0.3 is 19.4 Å². The fourth-order valence-electron chi connectivity index (χ4n) is 8.94. The number of hydrogen-bond donors (Lipinski definition) is 2. The van der Waals surface area contributed by atoms with E-state index in [1.54, 1.807) is 0 Å². The Morgan fingerprint density at radius 1 is 0.486 bits per heavy atom. The van der Waals surface area contributed by atoms with Crippen molar-refractivity contribution in [1.82, 2.24) is 5.32 Å². The highest BCUT2D eigenvalue weighted by Crippen LogP contribution is 2.43. The molecule has 0 radical (unpaired) electrons. The number of carbonyl (C=O) groups excluding carboxylic acids is 2. The van der Waals surface area contributed by atoms with Crippen LogP contribution in [-0.2, 0) is 27.9 Å². The number of nitrogens with zero attached hydrogens (tertiary/aromatic N) is 1. The number of quaternary nitrogens is 1. The van der Waals surface area contributed by atoms with E-state index in [2.05, 4.69) is 38.2 Å². The van der Waals surface area contributed by atoms with E-state index in [9.17, 15) is 19.0 Å². The lowest BCUT2D eigenvalue weighted by molar-refractivity contribution is -0.870. The molecular formula is C60H118N2O7P+. The largest absolute Gasteiger partial charge is 0.472 e. The van der Waals surface area contributed by atoms with Gasteiger partial charge in [0.1, 0.15) is 19.3 Å². The van der Waals surface area contributed by atoms with Crippen molar-refractivity contribution >= 4 is 19.7 Å². The first kappa shape index (κ1) is 68.5. The second kappa shape index (κ2) is 51.0. The van der Waals surface area contributed by atoms with Crippen molar-refractivity contribution < 1.29 is 37.3 Å². The summed E-state index contributed by atoms with van der Waals surface area (Å²) >= 11 is 0. The zero-order valence-corrected chi connectivity index (χ0v) is 48.2. The minimum atomic E-state index is -4.44. The van der Waals surface area contributed by atoms with Gasteiger partial charge in [-0.1, -0.05) is 251 Å². The predicted octanol–water partition coefficient (Wildman–Crippen LogP) is 18.2. The van der Waals surface area contributed by atoms with Gasteiger partial charge in [0, 0.05) is 12.8 Å². The minimum absolute atomic E-state index is 0.0434. The van der Waals surface area contributed by atoms with Gasteiger partial charge in [-0.05, 0) is 57.4 Å². The number of amides is 1. The highest BCUT2D eigenvalue weighted by atomic mass is 31.2. The number of phosphoric acid groups is 1. The van der Waals surface area contributed by atoms with Crippen LogP contribution in [0.3, 0.4) is 0 Å². The summed E-state index contributed by atoms with van der Waals surface area (Å²) in [6.07, 6.45) is 58.8. The molecule has 1 amide bonds. The smallest absolute Gasteiger partial charge is 0.456 e. The predicted molar refractivity (Wildman–Crippen MR) is 300 cm³/mol. The van der Waals surface area contributed by atoms with E-state index in [0.717, 1.165) is 57.8 Å². The van der Waals surface area contributed by atoms with Crippen LogP contribution < -0.4 is 5.32 Å². The third kappa shape index (κ3) is 51.4. The number of rotatable bonds is 55. The third-order valence-electron chi connectivity index (χ3n) is 13.6. The van der Waals surface area contributed by atoms with Gasteiger partial charge in [0.05, 0.1) is 33.8 Å². The van der Waals surface area contributed by atoms with Crippen molar-refractivity contribution in [2.45, 2.75) is 309 Å². The number of nitrogens with one attached hydrogen (secondary N) is 1. The number of allylic oxidation sites excluding steroid dienone is 3. The molecule has 0 saturated heterocycles. The van der Waals surface area contributed by atoms with Crippen LogP contribution in [0.25, 0.3) is 0 Å². The fourth-order valence-corrected chi connectivity index (χ4v) is 9.67. The van der Waals surface area contributed by atoms with E-state index in [-0.39, 0.29) is 25.1 Å². The summed E-state index contributed by atoms with van der Waals surface area (Å²) in [6, 6.07) is -0.842. The lowest BCUT2D eigenvalue weighted by Gasteiger charge is -2.27. The topological polar surface area (TPSA) is 111 Å². The summed E-state index contributed by atoms with van der Waals surface area (Å²) in [4.78, 5) is 37.6. The standard InChI is InChI=1S/C60H117N2O7P/c1-7-10-13-16-19-22-25-28-29-30-31-32-33-35-38-41-44-47-50-53-60(64)69-58(51-48-45-42-39-36-27-24-21-18-15-12-9-3)57(56-68-70(65,66)67-55-54-62(4,5)6)61-59(63)52-49-46-43-40-37-34-26-23-20-17-14-11-8-2/h28-29,48,51,57-58H,7-27,30-47,49-50,52-56H2,1-6H3,(H-,61,63,65,66)/p+1/b29-28+,51-48+. The van der Waals surface area contributed by atoms with Crippen molar-refractivity contribution in [2.24, 2.45) is 0 Å². The van der Waals surface area contributed by atoms with Crippen LogP contribution in [0.4, 0.5) is 0 Å². The van der Waals surface area contributed by atoms with Crippen LogP contribution in [0.2, 0.25) is 0 Å². The summed E-state index contributed by atoms with van der Waals surface area (Å²) < 4.78 is 30.6. The molecule has 2 N–H and O–H groups in total. The lowest BCUT2D eigenvalue weighted by atomic mass is 10.0. The molecule has 0 aromatic rings. The first-order valence-electron chi connectivity index (χ1n) is 30.2. The number of esters is 1. The molecule has 0 heterocycles. The molecule has 0 bridgehead atoms. The maximum atomic E-state index is 13.5. The lowest BCUT2D eigenvalue weighted by Crippen LogP contribution is -2.47. The molecule has 414 valence electrons. The SMILES string of the molecule is CCCCCCCC/C=C/CCCCCCCCCCCC(=O)OC(/C=C/CCCCCCCCCCCC)C(COP(=O)(O)OCC[N+](C)(C)C)NC(=O)CCCCCCCCCCCCCCC. The molecular weight excluding hydrogens is 892 g/mol. The Morgan fingerprint density at radius 2 is 0.829 bits per heavy atom. The number of phosphoric ester groups is 1. The van der Waals surface area contributed by atoms with E-state index >= 15 is 0 Å².